The minimum Gasteiger partial charge on any atom is -0.457 e. The summed E-state index contributed by atoms with van der Waals surface area (Å²) in [6, 6.07) is 15.8. The second-order valence-corrected chi connectivity index (χ2v) is 10.9. The summed E-state index contributed by atoms with van der Waals surface area (Å²) in [5, 5.41) is 3.42. The molecule has 0 atom stereocenters. The average molecular weight is 578 g/mol. The first kappa shape index (κ1) is 28.1. The van der Waals surface area contributed by atoms with E-state index >= 15 is 0 Å². The Morgan fingerprint density at radius 2 is 1.84 bits per heavy atom. The van der Waals surface area contributed by atoms with Gasteiger partial charge < -0.3 is 29.3 Å². The highest BCUT2D eigenvalue weighted by atomic mass is 16.5. The number of fused-ring (bicyclic) bond motifs is 2. The highest BCUT2D eigenvalue weighted by Gasteiger charge is 2.21. The molecular formula is C32H35N9O2. The lowest BCUT2D eigenvalue weighted by Gasteiger charge is -2.35. The second-order valence-electron chi connectivity index (χ2n) is 10.9. The molecule has 0 radical (unpaired) electrons. The molecule has 3 aromatic heterocycles. The quantitative estimate of drug-likeness (QED) is 0.267. The third-order valence-electron chi connectivity index (χ3n) is 7.48. The van der Waals surface area contributed by atoms with Crippen molar-refractivity contribution in [3.63, 3.8) is 0 Å². The number of hydrogen-bond donors (Lipinski definition) is 1. The van der Waals surface area contributed by atoms with Crippen molar-refractivity contribution in [2.75, 3.05) is 57.0 Å². The lowest BCUT2D eigenvalue weighted by atomic mass is 10.2. The number of carbonyl (C=O) groups is 1. The summed E-state index contributed by atoms with van der Waals surface area (Å²) in [6.07, 6.45) is 6.90. The normalized spacial score (nSPS) is 13.9. The molecule has 11 nitrogen and oxygen atoms in total. The van der Waals surface area contributed by atoms with Crippen LogP contribution < -0.4 is 15.0 Å². The number of aromatic nitrogens is 5. The maximum Gasteiger partial charge on any atom is 0.246 e. The van der Waals surface area contributed by atoms with Crippen LogP contribution in [-0.4, -0.2) is 87.0 Å². The minimum atomic E-state index is 0.0499. The van der Waals surface area contributed by atoms with Crippen molar-refractivity contribution in [1.29, 1.82) is 0 Å². The smallest absolute Gasteiger partial charge is 0.246 e. The maximum atomic E-state index is 12.6. The van der Waals surface area contributed by atoms with E-state index in [-0.39, 0.29) is 5.91 Å². The number of benzene rings is 2. The van der Waals surface area contributed by atoms with Gasteiger partial charge in [0.1, 0.15) is 29.2 Å². The molecule has 220 valence electrons. The topological polar surface area (TPSA) is 105 Å². The molecule has 6 rings (SSSR count). The van der Waals surface area contributed by atoms with E-state index in [0.717, 1.165) is 51.7 Å². The van der Waals surface area contributed by atoms with Gasteiger partial charge in [0.05, 0.1) is 22.9 Å². The van der Waals surface area contributed by atoms with Crippen LogP contribution in [0.2, 0.25) is 0 Å². The van der Waals surface area contributed by atoms with E-state index in [9.17, 15) is 4.79 Å². The number of anilines is 3. The van der Waals surface area contributed by atoms with Crippen LogP contribution in [0.4, 0.5) is 17.3 Å². The fourth-order valence-electron chi connectivity index (χ4n) is 5.11. The standard InChI is InChI=1S/C32H35N9O2/c1-22-18-23(7-11-28(22)43-24-8-10-27-26(19-24)35-21-39(27)4)36-32-31-25(33-20-34-32)9-12-29(37-31)40-14-16-41(17-15-40)30(42)6-5-13-38(2)3/h5-12,18-21H,13-17H2,1-4H3,(H,33,34,36)/b6-5+. The Labute approximate surface area is 250 Å². The van der Waals surface area contributed by atoms with Crippen LogP contribution in [0.5, 0.6) is 11.5 Å². The molecular weight excluding hydrogens is 542 g/mol. The first-order valence-electron chi connectivity index (χ1n) is 14.3. The van der Waals surface area contributed by atoms with Gasteiger partial charge in [-0.2, -0.15) is 0 Å². The molecule has 1 aliphatic rings. The van der Waals surface area contributed by atoms with E-state index in [1.807, 2.05) is 97.0 Å². The molecule has 2 aromatic carbocycles. The van der Waals surface area contributed by atoms with Gasteiger partial charge in [-0.3, -0.25) is 4.79 Å². The lowest BCUT2D eigenvalue weighted by molar-refractivity contribution is -0.126. The molecule has 0 unspecified atom stereocenters. The number of ether oxygens (including phenoxy) is 1. The summed E-state index contributed by atoms with van der Waals surface area (Å²) in [5.41, 5.74) is 5.23. The van der Waals surface area contributed by atoms with Gasteiger partial charge in [0.15, 0.2) is 5.82 Å². The van der Waals surface area contributed by atoms with E-state index in [1.165, 1.54) is 0 Å². The molecule has 1 saturated heterocycles. The summed E-state index contributed by atoms with van der Waals surface area (Å²) < 4.78 is 8.17. The summed E-state index contributed by atoms with van der Waals surface area (Å²) in [6.45, 7) is 5.45. The molecule has 1 N–H and O–H groups in total. The number of hydrogen-bond acceptors (Lipinski definition) is 9. The fraction of sp³-hybridized carbons (Fsp3) is 0.281. The number of rotatable bonds is 8. The van der Waals surface area contributed by atoms with Crippen LogP contribution >= 0.6 is 0 Å². The second kappa shape index (κ2) is 12.1. The number of nitrogens with one attached hydrogen (secondary N) is 1. The van der Waals surface area contributed by atoms with Crippen LogP contribution in [0.1, 0.15) is 5.56 Å². The van der Waals surface area contributed by atoms with E-state index in [4.69, 9.17) is 9.72 Å². The molecule has 0 saturated carbocycles. The van der Waals surface area contributed by atoms with Gasteiger partial charge in [0.25, 0.3) is 0 Å². The summed E-state index contributed by atoms with van der Waals surface area (Å²) in [4.78, 5) is 36.9. The zero-order valence-electron chi connectivity index (χ0n) is 24.9. The lowest BCUT2D eigenvalue weighted by Crippen LogP contribution is -2.48. The number of carbonyl (C=O) groups excluding carboxylic acids is 1. The SMILES string of the molecule is Cc1cc(Nc2ncnc3ccc(N4CCN(C(=O)/C=C/CN(C)C)CC4)nc23)ccc1Oc1ccc2c(c1)ncn2C. The largest absolute Gasteiger partial charge is 0.457 e. The summed E-state index contributed by atoms with van der Waals surface area (Å²) in [7, 11) is 5.93. The Hall–Kier alpha value is -5.03. The van der Waals surface area contributed by atoms with Crippen LogP contribution in [0.3, 0.4) is 0 Å². The monoisotopic (exact) mass is 577 g/mol. The average Bonchev–Trinajstić information content (AvgIpc) is 3.38. The highest BCUT2D eigenvalue weighted by molar-refractivity contribution is 5.89. The molecule has 11 heteroatoms. The number of likely N-dealkylation sites (N-methyl/N-ethyl adjacent to an activating group) is 1. The highest BCUT2D eigenvalue weighted by Crippen LogP contribution is 2.31. The van der Waals surface area contributed by atoms with E-state index in [1.54, 1.807) is 18.7 Å². The Bertz CT molecular complexity index is 1810. The number of piperazine rings is 1. The van der Waals surface area contributed by atoms with Crippen molar-refractivity contribution in [3.05, 3.63) is 78.9 Å². The van der Waals surface area contributed by atoms with E-state index in [0.29, 0.717) is 37.5 Å². The number of nitrogens with zero attached hydrogens (tertiary/aromatic N) is 8. The van der Waals surface area contributed by atoms with Gasteiger partial charge in [-0.15, -0.1) is 0 Å². The van der Waals surface area contributed by atoms with Gasteiger partial charge in [-0.05, 0) is 69.0 Å². The van der Waals surface area contributed by atoms with Crippen molar-refractivity contribution < 1.29 is 9.53 Å². The summed E-state index contributed by atoms with van der Waals surface area (Å²) >= 11 is 0. The molecule has 1 amide bonds. The Morgan fingerprint density at radius 1 is 1.00 bits per heavy atom. The van der Waals surface area contributed by atoms with Gasteiger partial charge in [-0.25, -0.2) is 19.9 Å². The van der Waals surface area contributed by atoms with Crippen LogP contribution in [0, 0.1) is 6.92 Å². The first-order valence-corrected chi connectivity index (χ1v) is 14.3. The minimum absolute atomic E-state index is 0.0499. The molecule has 5 aromatic rings. The number of amides is 1. The Balaban J connectivity index is 1.15. The molecule has 0 bridgehead atoms. The van der Waals surface area contributed by atoms with E-state index in [2.05, 4.69) is 25.2 Å². The molecule has 0 spiro atoms. The number of aryl methyl sites for hydroxylation is 2. The van der Waals surface area contributed by atoms with Crippen molar-refractivity contribution in [3.8, 4) is 11.5 Å². The Morgan fingerprint density at radius 3 is 2.63 bits per heavy atom. The predicted molar refractivity (Wildman–Crippen MR) is 169 cm³/mol. The number of imidazole rings is 1. The fourth-order valence-corrected chi connectivity index (χ4v) is 5.11. The van der Waals surface area contributed by atoms with Crippen molar-refractivity contribution in [1.82, 2.24) is 34.3 Å². The zero-order valence-corrected chi connectivity index (χ0v) is 24.9. The van der Waals surface area contributed by atoms with Gasteiger partial charge in [0, 0.05) is 57.6 Å². The van der Waals surface area contributed by atoms with Crippen molar-refractivity contribution in [2.45, 2.75) is 6.92 Å². The third kappa shape index (κ3) is 6.26. The molecule has 0 aliphatic carbocycles. The molecule has 4 heterocycles. The van der Waals surface area contributed by atoms with E-state index < -0.39 is 0 Å². The molecule has 43 heavy (non-hydrogen) atoms. The van der Waals surface area contributed by atoms with Crippen molar-refractivity contribution >= 4 is 45.3 Å². The van der Waals surface area contributed by atoms with Crippen LogP contribution in [-0.2, 0) is 11.8 Å². The number of pyridine rings is 1. The molecule has 1 aliphatic heterocycles. The summed E-state index contributed by atoms with van der Waals surface area (Å²) in [5.74, 6) is 3.01. The van der Waals surface area contributed by atoms with Gasteiger partial charge >= 0.3 is 0 Å². The van der Waals surface area contributed by atoms with Crippen LogP contribution in [0.25, 0.3) is 22.1 Å². The molecule has 1 fully saturated rings. The maximum absolute atomic E-state index is 12.6. The van der Waals surface area contributed by atoms with Gasteiger partial charge in [0.2, 0.25) is 5.91 Å². The third-order valence-corrected chi connectivity index (χ3v) is 7.48. The zero-order chi connectivity index (χ0) is 29.9. The van der Waals surface area contributed by atoms with Gasteiger partial charge in [-0.1, -0.05) is 6.08 Å². The predicted octanol–water partition coefficient (Wildman–Crippen LogP) is 4.52. The first-order chi connectivity index (χ1) is 20.8. The van der Waals surface area contributed by atoms with Crippen molar-refractivity contribution in [2.24, 2.45) is 7.05 Å². The Kier molecular flexibility index (Phi) is 7.89. The van der Waals surface area contributed by atoms with Crippen LogP contribution in [0.15, 0.2) is 73.3 Å².